The fraction of sp³-hybridized carbons (Fsp3) is 0.300. The van der Waals surface area contributed by atoms with Gasteiger partial charge in [0, 0.05) is 25.0 Å². The highest BCUT2D eigenvalue weighted by Crippen LogP contribution is 2.41. The summed E-state index contributed by atoms with van der Waals surface area (Å²) in [5.41, 5.74) is 0.638. The second-order valence-electron chi connectivity index (χ2n) is 6.92. The minimum absolute atomic E-state index is 0.177. The number of rotatable bonds is 4. The first kappa shape index (κ1) is 18.8. The van der Waals surface area contributed by atoms with Crippen molar-refractivity contribution in [2.45, 2.75) is 23.2 Å². The normalized spacial score (nSPS) is 16.8. The van der Waals surface area contributed by atoms with Gasteiger partial charge in [-0.15, -0.1) is 10.2 Å². The van der Waals surface area contributed by atoms with E-state index in [-0.39, 0.29) is 16.6 Å². The highest BCUT2D eigenvalue weighted by Gasteiger charge is 2.41. The standard InChI is InChI=1S/C20H19FN2O4S/c1-28(24,25)17-7-2-4-14(12-17)18-22-23-19(27-18)20(8-10-26-11-9-20)15-5-3-6-16(21)13-15/h2-7,12-13H,8-11H2,1H3. The van der Waals surface area contributed by atoms with Gasteiger partial charge in [-0.3, -0.25) is 0 Å². The van der Waals surface area contributed by atoms with Crippen molar-refractivity contribution >= 4 is 9.84 Å². The fourth-order valence-corrected chi connectivity index (χ4v) is 4.19. The fourth-order valence-electron chi connectivity index (χ4n) is 3.53. The van der Waals surface area contributed by atoms with Gasteiger partial charge in [0.15, 0.2) is 9.84 Å². The Morgan fingerprint density at radius 3 is 2.50 bits per heavy atom. The SMILES string of the molecule is CS(=O)(=O)c1cccc(-c2nnc(C3(c4cccc(F)c4)CCOCC3)o2)c1. The lowest BCUT2D eigenvalue weighted by Crippen LogP contribution is -2.35. The van der Waals surface area contributed by atoms with E-state index in [9.17, 15) is 12.8 Å². The largest absolute Gasteiger partial charge is 0.420 e. The molecule has 0 N–H and O–H groups in total. The molecule has 0 saturated carbocycles. The summed E-state index contributed by atoms with van der Waals surface area (Å²) in [4.78, 5) is 0.177. The van der Waals surface area contributed by atoms with Gasteiger partial charge in [-0.1, -0.05) is 18.2 Å². The minimum atomic E-state index is -3.35. The Hall–Kier alpha value is -2.58. The average Bonchev–Trinajstić information content (AvgIpc) is 3.19. The first-order chi connectivity index (χ1) is 13.4. The molecule has 6 nitrogen and oxygen atoms in total. The van der Waals surface area contributed by atoms with Crippen LogP contribution in [0.25, 0.3) is 11.5 Å². The molecule has 28 heavy (non-hydrogen) atoms. The van der Waals surface area contributed by atoms with E-state index in [2.05, 4.69) is 10.2 Å². The van der Waals surface area contributed by atoms with Gasteiger partial charge >= 0.3 is 0 Å². The summed E-state index contributed by atoms with van der Waals surface area (Å²) in [5.74, 6) is 0.271. The van der Waals surface area contributed by atoms with E-state index >= 15 is 0 Å². The van der Waals surface area contributed by atoms with Crippen LogP contribution in [0.2, 0.25) is 0 Å². The zero-order valence-corrected chi connectivity index (χ0v) is 16.1. The van der Waals surface area contributed by atoms with E-state index in [1.165, 1.54) is 24.3 Å². The third-order valence-corrected chi connectivity index (χ3v) is 6.18. The average molecular weight is 402 g/mol. The summed E-state index contributed by atoms with van der Waals surface area (Å²) in [6.07, 6.45) is 2.31. The number of sulfone groups is 1. The van der Waals surface area contributed by atoms with Crippen molar-refractivity contribution in [1.82, 2.24) is 10.2 Å². The maximum Gasteiger partial charge on any atom is 0.247 e. The van der Waals surface area contributed by atoms with E-state index in [0.717, 1.165) is 11.8 Å². The molecule has 1 aliphatic rings. The Morgan fingerprint density at radius 1 is 1.04 bits per heavy atom. The van der Waals surface area contributed by atoms with Gasteiger partial charge in [-0.2, -0.15) is 0 Å². The molecule has 0 spiro atoms. The summed E-state index contributed by atoms with van der Waals surface area (Å²) >= 11 is 0. The quantitative estimate of drug-likeness (QED) is 0.665. The lowest BCUT2D eigenvalue weighted by molar-refractivity contribution is 0.0545. The number of halogens is 1. The van der Waals surface area contributed by atoms with Crippen LogP contribution < -0.4 is 0 Å². The van der Waals surface area contributed by atoms with Gasteiger partial charge < -0.3 is 9.15 Å². The summed E-state index contributed by atoms with van der Waals surface area (Å²) in [6, 6.07) is 12.8. The van der Waals surface area contributed by atoms with Crippen LogP contribution in [0.15, 0.2) is 57.8 Å². The second kappa shape index (κ2) is 7.10. The van der Waals surface area contributed by atoms with Gasteiger partial charge in [0.1, 0.15) is 5.82 Å². The number of hydrogen-bond acceptors (Lipinski definition) is 6. The molecule has 1 fully saturated rings. The number of nitrogens with zero attached hydrogens (tertiary/aromatic N) is 2. The molecule has 0 radical (unpaired) electrons. The van der Waals surface area contributed by atoms with E-state index in [1.807, 2.05) is 6.07 Å². The zero-order chi connectivity index (χ0) is 19.8. The molecule has 146 valence electrons. The van der Waals surface area contributed by atoms with E-state index < -0.39 is 15.3 Å². The summed E-state index contributed by atoms with van der Waals surface area (Å²) in [6.45, 7) is 0.996. The van der Waals surface area contributed by atoms with Gasteiger partial charge in [0.05, 0.1) is 10.3 Å². The third-order valence-electron chi connectivity index (χ3n) is 5.07. The van der Waals surface area contributed by atoms with Crippen LogP contribution in [0.3, 0.4) is 0 Å². The summed E-state index contributed by atoms with van der Waals surface area (Å²) in [7, 11) is -3.35. The van der Waals surface area contributed by atoms with Crippen LogP contribution in [-0.2, 0) is 20.0 Å². The van der Waals surface area contributed by atoms with Gasteiger partial charge in [-0.05, 0) is 48.7 Å². The Labute approximate surface area is 162 Å². The molecule has 0 aliphatic carbocycles. The molecule has 0 amide bonds. The number of aromatic nitrogens is 2. The van der Waals surface area contributed by atoms with Crippen molar-refractivity contribution in [3.63, 3.8) is 0 Å². The molecule has 8 heteroatoms. The Kier molecular flexibility index (Phi) is 4.76. The third kappa shape index (κ3) is 3.45. The van der Waals surface area contributed by atoms with Crippen molar-refractivity contribution in [2.24, 2.45) is 0 Å². The molecule has 0 bridgehead atoms. The first-order valence-corrected chi connectivity index (χ1v) is 10.8. The van der Waals surface area contributed by atoms with Crippen molar-refractivity contribution in [3.05, 3.63) is 65.8 Å². The molecular formula is C20H19FN2O4S. The molecule has 1 aliphatic heterocycles. The van der Waals surface area contributed by atoms with Crippen LogP contribution in [0.1, 0.15) is 24.3 Å². The van der Waals surface area contributed by atoms with E-state index in [0.29, 0.717) is 37.5 Å². The lowest BCUT2D eigenvalue weighted by Gasteiger charge is -2.34. The molecule has 0 unspecified atom stereocenters. The Balaban J connectivity index is 1.78. The molecular weight excluding hydrogens is 383 g/mol. The number of hydrogen-bond donors (Lipinski definition) is 0. The molecule has 2 heterocycles. The molecule has 1 saturated heterocycles. The maximum atomic E-state index is 13.9. The van der Waals surface area contributed by atoms with Crippen LogP contribution in [0.5, 0.6) is 0 Å². The van der Waals surface area contributed by atoms with E-state index in [1.54, 1.807) is 18.2 Å². The highest BCUT2D eigenvalue weighted by atomic mass is 32.2. The smallest absolute Gasteiger partial charge is 0.247 e. The second-order valence-corrected chi connectivity index (χ2v) is 8.93. The predicted molar refractivity (Wildman–Crippen MR) is 100 cm³/mol. The van der Waals surface area contributed by atoms with Crippen molar-refractivity contribution in [1.29, 1.82) is 0 Å². The van der Waals surface area contributed by atoms with Crippen molar-refractivity contribution in [2.75, 3.05) is 19.5 Å². The Bertz CT molecular complexity index is 1100. The lowest BCUT2D eigenvalue weighted by atomic mass is 9.74. The summed E-state index contributed by atoms with van der Waals surface area (Å²) in [5, 5.41) is 8.37. The molecule has 0 atom stereocenters. The summed E-state index contributed by atoms with van der Waals surface area (Å²) < 4.78 is 49.0. The van der Waals surface area contributed by atoms with Crippen LogP contribution in [-0.4, -0.2) is 38.1 Å². The van der Waals surface area contributed by atoms with Crippen LogP contribution >= 0.6 is 0 Å². The van der Waals surface area contributed by atoms with Crippen molar-refractivity contribution in [3.8, 4) is 11.5 Å². The van der Waals surface area contributed by atoms with Gasteiger partial charge in [-0.25, -0.2) is 12.8 Å². The maximum absolute atomic E-state index is 13.9. The Morgan fingerprint density at radius 2 is 1.79 bits per heavy atom. The minimum Gasteiger partial charge on any atom is -0.420 e. The highest BCUT2D eigenvalue weighted by molar-refractivity contribution is 7.90. The first-order valence-electron chi connectivity index (χ1n) is 8.87. The van der Waals surface area contributed by atoms with Gasteiger partial charge in [0.2, 0.25) is 11.8 Å². The molecule has 3 aromatic rings. The monoisotopic (exact) mass is 402 g/mol. The van der Waals surface area contributed by atoms with Crippen molar-refractivity contribution < 1.29 is 22.0 Å². The molecule has 2 aromatic carbocycles. The molecule has 1 aromatic heterocycles. The predicted octanol–water partition coefficient (Wildman–Crippen LogP) is 3.38. The number of benzene rings is 2. The molecule has 4 rings (SSSR count). The van der Waals surface area contributed by atoms with Gasteiger partial charge in [0.25, 0.3) is 0 Å². The number of ether oxygens (including phenoxy) is 1. The topological polar surface area (TPSA) is 82.3 Å². The van der Waals surface area contributed by atoms with E-state index in [4.69, 9.17) is 9.15 Å². The zero-order valence-electron chi connectivity index (χ0n) is 15.3. The van der Waals surface area contributed by atoms with Crippen LogP contribution in [0.4, 0.5) is 4.39 Å². The van der Waals surface area contributed by atoms with Crippen LogP contribution in [0, 0.1) is 5.82 Å².